The highest BCUT2D eigenvalue weighted by Crippen LogP contribution is 2.33. The van der Waals surface area contributed by atoms with Gasteiger partial charge in [0.2, 0.25) is 0 Å². The molecule has 26 heavy (non-hydrogen) atoms. The van der Waals surface area contributed by atoms with Crippen molar-refractivity contribution in [2.45, 2.75) is 70.4 Å². The Bertz CT molecular complexity index is 791. The summed E-state index contributed by atoms with van der Waals surface area (Å²) in [5.41, 5.74) is 3.70. The second-order valence-electron chi connectivity index (χ2n) is 7.83. The number of anilines is 1. The summed E-state index contributed by atoms with van der Waals surface area (Å²) in [6.07, 6.45) is 9.20. The number of fused-ring (bicyclic) bond motifs is 1. The second-order valence-corrected chi connectivity index (χ2v) is 7.83. The molecule has 1 fully saturated rings. The zero-order valence-electron chi connectivity index (χ0n) is 15.7. The van der Waals surface area contributed by atoms with Gasteiger partial charge in [-0.3, -0.25) is 10.00 Å². The number of nitrogens with one attached hydrogen (secondary N) is 2. The first kappa shape index (κ1) is 17.1. The van der Waals surface area contributed by atoms with Crippen LogP contribution in [0.1, 0.15) is 67.7 Å². The third-order valence-electron chi connectivity index (χ3n) is 6.00. The van der Waals surface area contributed by atoms with Crippen molar-refractivity contribution in [3.05, 3.63) is 47.2 Å². The van der Waals surface area contributed by atoms with Crippen LogP contribution in [0.2, 0.25) is 0 Å². The van der Waals surface area contributed by atoms with Gasteiger partial charge in [-0.25, -0.2) is 4.79 Å². The molecular weight excluding hydrogens is 324 g/mol. The lowest BCUT2D eigenvalue weighted by molar-refractivity contribution is 0.247. The summed E-state index contributed by atoms with van der Waals surface area (Å²) >= 11 is 0. The number of carbonyl (C=O) groups excluding carboxylic acids is 1. The van der Waals surface area contributed by atoms with E-state index in [1.165, 1.54) is 43.2 Å². The third kappa shape index (κ3) is 3.35. The summed E-state index contributed by atoms with van der Waals surface area (Å²) in [4.78, 5) is 12.5. The van der Waals surface area contributed by atoms with Crippen LogP contribution in [0.4, 0.5) is 10.6 Å². The predicted molar refractivity (Wildman–Crippen MR) is 104 cm³/mol. The maximum absolute atomic E-state index is 12.5. The smallest absolute Gasteiger partial charge is 0.320 e. The largest absolute Gasteiger partial charge is 0.334 e. The van der Waals surface area contributed by atoms with Gasteiger partial charge < -0.3 is 5.32 Å². The molecule has 0 bridgehead atoms. The quantitative estimate of drug-likeness (QED) is 0.851. The van der Waals surface area contributed by atoms with E-state index in [9.17, 15) is 4.79 Å². The topological polar surface area (TPSA) is 59.0 Å². The summed E-state index contributed by atoms with van der Waals surface area (Å²) in [5, 5.41) is 10.8. The first-order valence-electron chi connectivity index (χ1n) is 9.83. The Labute approximate surface area is 155 Å². The molecule has 2 atom stereocenters. The number of hydrogen-bond acceptors (Lipinski definition) is 2. The van der Waals surface area contributed by atoms with E-state index >= 15 is 0 Å². The molecule has 5 nitrogen and oxygen atoms in total. The zero-order chi connectivity index (χ0) is 18.1. The molecule has 1 saturated carbocycles. The van der Waals surface area contributed by atoms with Gasteiger partial charge in [0.25, 0.3) is 0 Å². The van der Waals surface area contributed by atoms with E-state index < -0.39 is 0 Å². The Morgan fingerprint density at radius 2 is 1.96 bits per heavy atom. The number of urea groups is 1. The van der Waals surface area contributed by atoms with E-state index in [1.54, 1.807) is 0 Å². The van der Waals surface area contributed by atoms with Crippen LogP contribution >= 0.6 is 0 Å². The molecule has 0 radical (unpaired) electrons. The van der Waals surface area contributed by atoms with E-state index in [4.69, 9.17) is 0 Å². The lowest BCUT2D eigenvalue weighted by atomic mass is 9.96. The lowest BCUT2D eigenvalue weighted by Crippen LogP contribution is -2.40. The summed E-state index contributed by atoms with van der Waals surface area (Å²) in [5.74, 6) is 1.01. The van der Waals surface area contributed by atoms with E-state index in [0.717, 1.165) is 12.0 Å². The number of amides is 2. The standard InChI is InChI=1S/C21H28N4O/c1-14-13-25(17-9-4-3-5-10-17)24-20(14)23-21(26)22-19-12-16-8-6-7-11-18(16)15(19)2/h6-8,11,13,15,17,19H,3-5,9-10,12H2,1-2H3,(H2,22,23,24,26)/t15-,19+/m0/s1. The van der Waals surface area contributed by atoms with Crippen LogP contribution < -0.4 is 10.6 Å². The van der Waals surface area contributed by atoms with E-state index in [1.807, 2.05) is 6.92 Å². The molecular formula is C21H28N4O. The number of benzene rings is 1. The number of nitrogens with zero attached hydrogens (tertiary/aromatic N) is 2. The minimum atomic E-state index is -0.161. The van der Waals surface area contributed by atoms with Crippen LogP contribution in [0.5, 0.6) is 0 Å². The summed E-state index contributed by atoms with van der Waals surface area (Å²) in [7, 11) is 0. The van der Waals surface area contributed by atoms with Gasteiger partial charge in [-0.15, -0.1) is 0 Å². The Morgan fingerprint density at radius 1 is 1.19 bits per heavy atom. The highest BCUT2D eigenvalue weighted by atomic mass is 16.2. The number of aryl methyl sites for hydroxylation is 1. The molecule has 1 aromatic carbocycles. The molecule has 1 aromatic heterocycles. The van der Waals surface area contributed by atoms with Gasteiger partial charge in [0.05, 0.1) is 6.04 Å². The molecule has 1 heterocycles. The molecule has 138 valence electrons. The maximum Gasteiger partial charge on any atom is 0.320 e. The Morgan fingerprint density at radius 3 is 2.73 bits per heavy atom. The predicted octanol–water partition coefficient (Wildman–Crippen LogP) is 4.55. The SMILES string of the molecule is Cc1cn(C2CCCCC2)nc1NC(=O)N[C@@H]1Cc2ccccc2[C@@H]1C. The lowest BCUT2D eigenvalue weighted by Gasteiger charge is -2.21. The van der Waals surface area contributed by atoms with Gasteiger partial charge in [0, 0.05) is 23.7 Å². The van der Waals surface area contributed by atoms with E-state index in [0.29, 0.717) is 17.8 Å². The Balaban J connectivity index is 1.39. The minimum Gasteiger partial charge on any atom is -0.334 e. The fourth-order valence-corrected chi connectivity index (χ4v) is 4.42. The van der Waals surface area contributed by atoms with Crippen molar-refractivity contribution < 1.29 is 4.79 Å². The normalized spacial score (nSPS) is 22.8. The van der Waals surface area contributed by atoms with Crippen molar-refractivity contribution >= 4 is 11.8 Å². The second kappa shape index (κ2) is 7.14. The summed E-state index contributed by atoms with van der Waals surface area (Å²) in [6, 6.07) is 8.90. The van der Waals surface area contributed by atoms with Crippen molar-refractivity contribution in [3.8, 4) is 0 Å². The van der Waals surface area contributed by atoms with Crippen LogP contribution in [0.25, 0.3) is 0 Å². The monoisotopic (exact) mass is 352 g/mol. The molecule has 2 aliphatic carbocycles. The van der Waals surface area contributed by atoms with Crippen molar-refractivity contribution in [2.24, 2.45) is 0 Å². The summed E-state index contributed by atoms with van der Waals surface area (Å²) in [6.45, 7) is 4.19. The molecule has 2 aromatic rings. The molecule has 0 saturated heterocycles. The van der Waals surface area contributed by atoms with Gasteiger partial charge in [-0.1, -0.05) is 50.5 Å². The molecule has 2 amide bonds. The number of aromatic nitrogens is 2. The number of carbonyl (C=O) groups is 1. The number of hydrogen-bond donors (Lipinski definition) is 2. The van der Waals surface area contributed by atoms with Gasteiger partial charge in [0.1, 0.15) is 0 Å². The Hall–Kier alpha value is -2.30. The highest BCUT2D eigenvalue weighted by molar-refractivity contribution is 5.89. The third-order valence-corrected chi connectivity index (χ3v) is 6.00. The molecule has 0 unspecified atom stereocenters. The average molecular weight is 352 g/mol. The van der Waals surface area contributed by atoms with Gasteiger partial charge in [-0.05, 0) is 37.3 Å². The molecule has 0 spiro atoms. The maximum atomic E-state index is 12.5. The highest BCUT2D eigenvalue weighted by Gasteiger charge is 2.30. The van der Waals surface area contributed by atoms with Crippen molar-refractivity contribution in [2.75, 3.05) is 5.32 Å². The minimum absolute atomic E-state index is 0.133. The van der Waals surface area contributed by atoms with Crippen LogP contribution in [0.15, 0.2) is 30.5 Å². The van der Waals surface area contributed by atoms with Crippen molar-refractivity contribution in [1.29, 1.82) is 0 Å². The van der Waals surface area contributed by atoms with Crippen LogP contribution in [0.3, 0.4) is 0 Å². The van der Waals surface area contributed by atoms with Gasteiger partial charge in [-0.2, -0.15) is 5.10 Å². The average Bonchev–Trinajstić information content (AvgIpc) is 3.17. The van der Waals surface area contributed by atoms with Gasteiger partial charge >= 0.3 is 6.03 Å². The van der Waals surface area contributed by atoms with E-state index in [-0.39, 0.29) is 12.1 Å². The first-order valence-corrected chi connectivity index (χ1v) is 9.83. The Kier molecular flexibility index (Phi) is 4.70. The van der Waals surface area contributed by atoms with Crippen LogP contribution in [-0.4, -0.2) is 21.9 Å². The van der Waals surface area contributed by atoms with Crippen molar-refractivity contribution in [1.82, 2.24) is 15.1 Å². The van der Waals surface area contributed by atoms with Gasteiger partial charge in [0.15, 0.2) is 5.82 Å². The summed E-state index contributed by atoms with van der Waals surface area (Å²) < 4.78 is 2.05. The van der Waals surface area contributed by atoms with Crippen LogP contribution in [-0.2, 0) is 6.42 Å². The molecule has 2 N–H and O–H groups in total. The molecule has 5 heteroatoms. The van der Waals surface area contributed by atoms with Crippen molar-refractivity contribution in [3.63, 3.8) is 0 Å². The van der Waals surface area contributed by atoms with E-state index in [2.05, 4.69) is 57.8 Å². The first-order chi connectivity index (χ1) is 12.6. The fraction of sp³-hybridized carbons (Fsp3) is 0.524. The zero-order valence-corrected chi connectivity index (χ0v) is 15.7. The molecule has 2 aliphatic rings. The molecule has 0 aliphatic heterocycles. The van der Waals surface area contributed by atoms with Crippen LogP contribution in [0, 0.1) is 6.92 Å². The fourth-order valence-electron chi connectivity index (χ4n) is 4.42. The molecule has 4 rings (SSSR count). The number of rotatable bonds is 3.